The summed E-state index contributed by atoms with van der Waals surface area (Å²) in [6.45, 7) is 7.97. The fourth-order valence-corrected chi connectivity index (χ4v) is 4.81. The highest BCUT2D eigenvalue weighted by molar-refractivity contribution is 7.89. The van der Waals surface area contributed by atoms with E-state index in [1.54, 1.807) is 30.7 Å². The summed E-state index contributed by atoms with van der Waals surface area (Å²) in [7, 11) is -1.89. The Morgan fingerprint density at radius 3 is 2.46 bits per heavy atom. The van der Waals surface area contributed by atoms with Gasteiger partial charge in [-0.1, -0.05) is 25.4 Å². The van der Waals surface area contributed by atoms with Crippen molar-refractivity contribution in [2.75, 3.05) is 18.4 Å². The Hall–Kier alpha value is -2.16. The maximum atomic E-state index is 12.7. The quantitative estimate of drug-likeness (QED) is 0.690. The third-order valence-electron chi connectivity index (χ3n) is 4.49. The van der Waals surface area contributed by atoms with Crippen molar-refractivity contribution in [2.45, 2.75) is 32.6 Å². The second-order valence-electron chi connectivity index (χ2n) is 6.27. The van der Waals surface area contributed by atoms with Gasteiger partial charge in [0.25, 0.3) is 0 Å². The molecule has 0 spiro atoms. The lowest BCUT2D eigenvalue weighted by atomic mass is 10.2. The van der Waals surface area contributed by atoms with Crippen molar-refractivity contribution in [1.29, 1.82) is 0 Å². The van der Waals surface area contributed by atoms with E-state index < -0.39 is 10.0 Å². The Labute approximate surface area is 171 Å². The standard InChI is InChI=1S/C19H25ClN4O3S/c1-6-24(7-2)28(26,27)18-12-15(8-10-17(18)20)21-19(25)11-9-16-13(3)22-23(5)14(16)4/h8-12H,6-7H2,1-5H3,(H,21,25)/b11-9+. The van der Waals surface area contributed by atoms with E-state index in [1.807, 2.05) is 20.9 Å². The Morgan fingerprint density at radius 2 is 1.93 bits per heavy atom. The molecular weight excluding hydrogens is 400 g/mol. The topological polar surface area (TPSA) is 84.3 Å². The molecule has 1 amide bonds. The van der Waals surface area contributed by atoms with E-state index in [0.29, 0.717) is 18.8 Å². The van der Waals surface area contributed by atoms with Gasteiger partial charge in [-0.25, -0.2) is 8.42 Å². The number of nitrogens with one attached hydrogen (secondary N) is 1. The summed E-state index contributed by atoms with van der Waals surface area (Å²) in [5, 5.41) is 7.09. The molecule has 0 fully saturated rings. The Kier molecular flexibility index (Phi) is 7.03. The zero-order valence-corrected chi connectivity index (χ0v) is 18.2. The summed E-state index contributed by atoms with van der Waals surface area (Å²) >= 11 is 6.11. The van der Waals surface area contributed by atoms with Gasteiger partial charge in [-0.3, -0.25) is 9.48 Å². The summed E-state index contributed by atoms with van der Waals surface area (Å²) in [6.07, 6.45) is 3.08. The summed E-state index contributed by atoms with van der Waals surface area (Å²) in [4.78, 5) is 12.3. The van der Waals surface area contributed by atoms with Crippen LogP contribution in [-0.2, 0) is 21.9 Å². The molecule has 9 heteroatoms. The molecule has 0 aliphatic heterocycles. The van der Waals surface area contributed by atoms with Crippen LogP contribution in [0.4, 0.5) is 5.69 Å². The number of anilines is 1. The maximum absolute atomic E-state index is 12.7. The Balaban J connectivity index is 2.25. The molecule has 0 aliphatic rings. The predicted molar refractivity (Wildman–Crippen MR) is 112 cm³/mol. The number of sulfonamides is 1. The molecule has 152 valence electrons. The van der Waals surface area contributed by atoms with Crippen LogP contribution in [0.1, 0.15) is 30.8 Å². The molecule has 0 saturated carbocycles. The highest BCUT2D eigenvalue weighted by Crippen LogP contribution is 2.27. The minimum atomic E-state index is -3.73. The van der Waals surface area contributed by atoms with Gasteiger partial charge < -0.3 is 5.32 Å². The monoisotopic (exact) mass is 424 g/mol. The van der Waals surface area contributed by atoms with Crippen molar-refractivity contribution in [2.24, 2.45) is 7.05 Å². The highest BCUT2D eigenvalue weighted by Gasteiger charge is 2.24. The average Bonchev–Trinajstić information content (AvgIpc) is 2.87. The largest absolute Gasteiger partial charge is 0.322 e. The van der Waals surface area contributed by atoms with Gasteiger partial charge in [0.05, 0.1) is 10.7 Å². The molecule has 28 heavy (non-hydrogen) atoms. The van der Waals surface area contributed by atoms with Gasteiger partial charge in [0, 0.05) is 43.2 Å². The SMILES string of the molecule is CCN(CC)S(=O)(=O)c1cc(NC(=O)/C=C/c2c(C)nn(C)c2C)ccc1Cl. The number of aryl methyl sites for hydroxylation is 2. The minimum Gasteiger partial charge on any atom is -0.322 e. The first-order chi connectivity index (χ1) is 13.1. The number of amides is 1. The van der Waals surface area contributed by atoms with Gasteiger partial charge >= 0.3 is 0 Å². The number of carbonyl (C=O) groups excluding carboxylic acids is 1. The van der Waals surface area contributed by atoms with Crippen LogP contribution in [0.5, 0.6) is 0 Å². The van der Waals surface area contributed by atoms with E-state index >= 15 is 0 Å². The molecule has 0 radical (unpaired) electrons. The molecule has 0 saturated heterocycles. The lowest BCUT2D eigenvalue weighted by molar-refractivity contribution is -0.111. The number of hydrogen-bond donors (Lipinski definition) is 1. The molecule has 2 aromatic rings. The van der Waals surface area contributed by atoms with Crippen LogP contribution in [0.2, 0.25) is 5.02 Å². The van der Waals surface area contributed by atoms with Crippen LogP contribution in [-0.4, -0.2) is 41.5 Å². The number of rotatable bonds is 7. The van der Waals surface area contributed by atoms with Gasteiger partial charge in [0.2, 0.25) is 15.9 Å². The van der Waals surface area contributed by atoms with Crippen molar-refractivity contribution in [3.8, 4) is 0 Å². The van der Waals surface area contributed by atoms with Crippen LogP contribution in [0.25, 0.3) is 6.08 Å². The molecule has 0 unspecified atom stereocenters. The summed E-state index contributed by atoms with van der Waals surface area (Å²) in [5.74, 6) is -0.379. The number of carbonyl (C=O) groups is 1. The van der Waals surface area contributed by atoms with Gasteiger partial charge in [-0.15, -0.1) is 0 Å². The molecule has 0 atom stereocenters. The Morgan fingerprint density at radius 1 is 1.29 bits per heavy atom. The molecule has 0 aliphatic carbocycles. The van der Waals surface area contributed by atoms with E-state index in [-0.39, 0.29) is 15.8 Å². The second kappa shape index (κ2) is 8.89. The second-order valence-corrected chi connectivity index (χ2v) is 8.58. The van der Waals surface area contributed by atoms with E-state index in [2.05, 4.69) is 10.4 Å². The number of halogens is 1. The number of benzene rings is 1. The lowest BCUT2D eigenvalue weighted by Crippen LogP contribution is -2.30. The van der Waals surface area contributed by atoms with Crippen molar-refractivity contribution in [1.82, 2.24) is 14.1 Å². The molecule has 0 bridgehead atoms. The third-order valence-corrected chi connectivity index (χ3v) is 7.02. The van der Waals surface area contributed by atoms with Crippen molar-refractivity contribution in [3.63, 3.8) is 0 Å². The Bertz CT molecular complexity index is 1010. The predicted octanol–water partition coefficient (Wildman–Crippen LogP) is 3.37. The van der Waals surface area contributed by atoms with Gasteiger partial charge in [-0.05, 0) is 38.1 Å². The number of hydrogen-bond acceptors (Lipinski definition) is 4. The lowest BCUT2D eigenvalue weighted by Gasteiger charge is -2.19. The van der Waals surface area contributed by atoms with Crippen molar-refractivity contribution < 1.29 is 13.2 Å². The first-order valence-electron chi connectivity index (χ1n) is 8.90. The summed E-state index contributed by atoms with van der Waals surface area (Å²) in [5.41, 5.74) is 2.99. The van der Waals surface area contributed by atoms with Crippen molar-refractivity contribution >= 4 is 39.3 Å². The van der Waals surface area contributed by atoms with Crippen LogP contribution in [0, 0.1) is 13.8 Å². The van der Waals surface area contributed by atoms with Crippen molar-refractivity contribution in [3.05, 3.63) is 46.2 Å². The van der Waals surface area contributed by atoms with Crippen LogP contribution >= 0.6 is 11.6 Å². The normalized spacial score (nSPS) is 12.1. The summed E-state index contributed by atoms with van der Waals surface area (Å²) in [6, 6.07) is 4.41. The summed E-state index contributed by atoms with van der Waals surface area (Å²) < 4.78 is 28.6. The fraction of sp³-hybridized carbons (Fsp3) is 0.368. The molecule has 1 aromatic heterocycles. The van der Waals surface area contributed by atoms with E-state index in [4.69, 9.17) is 11.6 Å². The zero-order valence-electron chi connectivity index (χ0n) is 16.7. The molecule has 1 heterocycles. The van der Waals surface area contributed by atoms with Crippen LogP contribution < -0.4 is 5.32 Å². The van der Waals surface area contributed by atoms with Gasteiger partial charge in [-0.2, -0.15) is 9.40 Å². The molecule has 7 nitrogen and oxygen atoms in total. The van der Waals surface area contributed by atoms with Gasteiger partial charge in [0.1, 0.15) is 4.90 Å². The van der Waals surface area contributed by atoms with Crippen LogP contribution in [0.15, 0.2) is 29.2 Å². The first kappa shape index (κ1) is 22.1. The molecule has 1 aromatic carbocycles. The van der Waals surface area contributed by atoms with Crippen LogP contribution in [0.3, 0.4) is 0 Å². The molecular formula is C19H25ClN4O3S. The smallest absolute Gasteiger partial charge is 0.248 e. The van der Waals surface area contributed by atoms with E-state index in [0.717, 1.165) is 17.0 Å². The zero-order chi connectivity index (χ0) is 21.1. The van der Waals surface area contributed by atoms with E-state index in [1.165, 1.54) is 22.5 Å². The fourth-order valence-electron chi connectivity index (χ4n) is 2.86. The van der Waals surface area contributed by atoms with E-state index in [9.17, 15) is 13.2 Å². The number of aromatic nitrogens is 2. The highest BCUT2D eigenvalue weighted by atomic mass is 35.5. The molecule has 1 N–H and O–H groups in total. The molecule has 2 rings (SSSR count). The first-order valence-corrected chi connectivity index (χ1v) is 10.7. The number of nitrogens with zero attached hydrogens (tertiary/aromatic N) is 3. The van der Waals surface area contributed by atoms with Gasteiger partial charge in [0.15, 0.2) is 0 Å². The minimum absolute atomic E-state index is 0.0291. The average molecular weight is 425 g/mol. The third kappa shape index (κ3) is 4.63. The maximum Gasteiger partial charge on any atom is 0.248 e.